The van der Waals surface area contributed by atoms with Crippen molar-refractivity contribution in [1.82, 2.24) is 10.2 Å². The van der Waals surface area contributed by atoms with Gasteiger partial charge in [0.05, 0.1) is 27.9 Å². The molecule has 0 atom stereocenters. The monoisotopic (exact) mass is 478 g/mol. The molecular weight excluding hydrogens is 460 g/mol. The van der Waals surface area contributed by atoms with Crippen LogP contribution in [-0.4, -0.2) is 56.7 Å². The average Bonchev–Trinajstić information content (AvgIpc) is 3.37. The summed E-state index contributed by atoms with van der Waals surface area (Å²) in [5, 5.41) is 2.72. The number of furan rings is 1. The SMILES string of the molecule is COC(=O)COc1c(/C=C2\NC(=O)N(Cc3ccc(C(=O)OC)o3)C2=O)cc(Cl)cc1OC. The van der Waals surface area contributed by atoms with Gasteiger partial charge in [-0.1, -0.05) is 11.6 Å². The molecule has 1 aliphatic heterocycles. The van der Waals surface area contributed by atoms with Crippen LogP contribution in [0.1, 0.15) is 21.9 Å². The number of carbonyl (C=O) groups is 4. The van der Waals surface area contributed by atoms with Gasteiger partial charge < -0.3 is 28.7 Å². The summed E-state index contributed by atoms with van der Waals surface area (Å²) < 4.78 is 25.2. The molecule has 2 aromatic rings. The predicted molar refractivity (Wildman–Crippen MR) is 113 cm³/mol. The van der Waals surface area contributed by atoms with E-state index < -0.39 is 30.5 Å². The number of nitrogens with one attached hydrogen (secondary N) is 1. The third-order valence-corrected chi connectivity index (χ3v) is 4.67. The lowest BCUT2D eigenvalue weighted by Gasteiger charge is -2.14. The van der Waals surface area contributed by atoms with E-state index in [0.29, 0.717) is 0 Å². The summed E-state index contributed by atoms with van der Waals surface area (Å²) >= 11 is 6.13. The van der Waals surface area contributed by atoms with E-state index in [-0.39, 0.29) is 45.8 Å². The molecule has 1 aromatic carbocycles. The van der Waals surface area contributed by atoms with Gasteiger partial charge in [-0.2, -0.15) is 0 Å². The maximum Gasteiger partial charge on any atom is 0.373 e. The van der Waals surface area contributed by atoms with E-state index in [2.05, 4.69) is 14.8 Å². The Balaban J connectivity index is 1.87. The number of urea groups is 1. The van der Waals surface area contributed by atoms with Crippen LogP contribution in [0.4, 0.5) is 4.79 Å². The van der Waals surface area contributed by atoms with Crippen molar-refractivity contribution in [2.45, 2.75) is 6.54 Å². The van der Waals surface area contributed by atoms with E-state index in [1.807, 2.05) is 0 Å². The van der Waals surface area contributed by atoms with Crippen LogP contribution in [-0.2, 0) is 25.6 Å². The van der Waals surface area contributed by atoms with Gasteiger partial charge in [0.15, 0.2) is 18.1 Å². The van der Waals surface area contributed by atoms with E-state index in [4.69, 9.17) is 25.5 Å². The minimum atomic E-state index is -0.701. The van der Waals surface area contributed by atoms with Crippen LogP contribution >= 0.6 is 11.6 Å². The molecule has 1 aliphatic rings. The topological polar surface area (TPSA) is 134 Å². The molecule has 1 aromatic heterocycles. The van der Waals surface area contributed by atoms with Crippen LogP contribution in [0.3, 0.4) is 0 Å². The maximum absolute atomic E-state index is 12.8. The Labute approximate surface area is 192 Å². The molecule has 2 heterocycles. The van der Waals surface area contributed by atoms with Crippen molar-refractivity contribution < 1.29 is 42.5 Å². The van der Waals surface area contributed by atoms with Crippen LogP contribution < -0.4 is 14.8 Å². The van der Waals surface area contributed by atoms with Crippen LogP contribution in [0.25, 0.3) is 6.08 Å². The van der Waals surface area contributed by atoms with Crippen molar-refractivity contribution >= 4 is 41.6 Å². The Hall–Kier alpha value is -3.99. The standard InChI is InChI=1S/C21H19ClN2O9/c1-29-16-8-12(22)6-11(18(16)32-10-17(25)30-2)7-14-19(26)24(21(28)23-14)9-13-4-5-15(33-13)20(27)31-3/h4-8H,9-10H2,1-3H3,(H,23,28)/b14-7-. The molecule has 0 unspecified atom stereocenters. The number of esters is 2. The lowest BCUT2D eigenvalue weighted by atomic mass is 10.1. The summed E-state index contributed by atoms with van der Waals surface area (Å²) in [5.74, 6) is -1.51. The van der Waals surface area contributed by atoms with Gasteiger partial charge in [-0.05, 0) is 24.3 Å². The lowest BCUT2D eigenvalue weighted by Crippen LogP contribution is -2.30. The van der Waals surface area contributed by atoms with Crippen LogP contribution in [0.5, 0.6) is 11.5 Å². The Morgan fingerprint density at radius 3 is 2.58 bits per heavy atom. The molecule has 0 spiro atoms. The van der Waals surface area contributed by atoms with Crippen LogP contribution in [0.2, 0.25) is 5.02 Å². The fourth-order valence-corrected chi connectivity index (χ4v) is 3.11. The zero-order valence-electron chi connectivity index (χ0n) is 17.8. The Bertz CT molecular complexity index is 1140. The zero-order valence-corrected chi connectivity index (χ0v) is 18.6. The van der Waals surface area contributed by atoms with E-state index in [0.717, 1.165) is 4.90 Å². The van der Waals surface area contributed by atoms with Gasteiger partial charge in [-0.3, -0.25) is 9.69 Å². The van der Waals surface area contributed by atoms with Gasteiger partial charge in [-0.25, -0.2) is 14.4 Å². The second-order valence-corrected chi connectivity index (χ2v) is 6.96. The van der Waals surface area contributed by atoms with Crippen molar-refractivity contribution in [3.05, 3.63) is 52.1 Å². The molecular formula is C21H19ClN2O9. The predicted octanol–water partition coefficient (Wildman–Crippen LogP) is 2.37. The first kappa shape index (κ1) is 23.7. The highest BCUT2D eigenvalue weighted by molar-refractivity contribution is 6.31. The van der Waals surface area contributed by atoms with Gasteiger partial charge in [0.25, 0.3) is 5.91 Å². The number of halogens is 1. The first-order valence-electron chi connectivity index (χ1n) is 9.36. The molecule has 1 saturated heterocycles. The molecule has 174 valence electrons. The fraction of sp³-hybridized carbons (Fsp3) is 0.238. The lowest BCUT2D eigenvalue weighted by molar-refractivity contribution is -0.143. The molecule has 1 N–H and O–H groups in total. The summed E-state index contributed by atoms with van der Waals surface area (Å²) in [6.45, 7) is -0.637. The first-order valence-corrected chi connectivity index (χ1v) is 9.73. The summed E-state index contributed by atoms with van der Waals surface area (Å²) in [6, 6.07) is 5.07. The number of rotatable bonds is 8. The summed E-state index contributed by atoms with van der Waals surface area (Å²) in [6.07, 6.45) is 1.34. The van der Waals surface area contributed by atoms with Crippen LogP contribution in [0, 0.1) is 0 Å². The zero-order chi connectivity index (χ0) is 24.1. The minimum Gasteiger partial charge on any atom is -0.493 e. The van der Waals surface area contributed by atoms with E-state index in [1.54, 1.807) is 0 Å². The smallest absolute Gasteiger partial charge is 0.373 e. The van der Waals surface area contributed by atoms with Gasteiger partial charge in [0.1, 0.15) is 11.5 Å². The number of ether oxygens (including phenoxy) is 4. The van der Waals surface area contributed by atoms with Gasteiger partial charge in [0, 0.05) is 16.7 Å². The van der Waals surface area contributed by atoms with Crippen molar-refractivity contribution in [3.8, 4) is 11.5 Å². The number of imide groups is 1. The maximum atomic E-state index is 12.8. The molecule has 0 bridgehead atoms. The fourth-order valence-electron chi connectivity index (χ4n) is 2.89. The number of methoxy groups -OCH3 is 3. The summed E-state index contributed by atoms with van der Waals surface area (Å²) in [4.78, 5) is 49.2. The summed E-state index contributed by atoms with van der Waals surface area (Å²) in [5.41, 5.74) is 0.201. The Morgan fingerprint density at radius 1 is 1.15 bits per heavy atom. The number of amides is 3. The third-order valence-electron chi connectivity index (χ3n) is 4.45. The van der Waals surface area contributed by atoms with Crippen molar-refractivity contribution in [2.24, 2.45) is 0 Å². The number of hydrogen-bond donors (Lipinski definition) is 1. The second-order valence-electron chi connectivity index (χ2n) is 6.53. The molecule has 1 fully saturated rings. The molecule has 33 heavy (non-hydrogen) atoms. The highest BCUT2D eigenvalue weighted by Crippen LogP contribution is 2.36. The molecule has 0 saturated carbocycles. The highest BCUT2D eigenvalue weighted by Gasteiger charge is 2.35. The number of nitrogens with zero attached hydrogens (tertiary/aromatic N) is 1. The number of carbonyl (C=O) groups excluding carboxylic acids is 4. The normalized spacial score (nSPS) is 14.3. The second kappa shape index (κ2) is 10.1. The van der Waals surface area contributed by atoms with Crippen LogP contribution in [0.15, 0.2) is 34.4 Å². The van der Waals surface area contributed by atoms with Crippen molar-refractivity contribution in [1.29, 1.82) is 0 Å². The Kier molecular flexibility index (Phi) is 7.23. The van der Waals surface area contributed by atoms with Gasteiger partial charge in [-0.15, -0.1) is 0 Å². The summed E-state index contributed by atoms with van der Waals surface area (Å²) in [7, 11) is 3.79. The van der Waals surface area contributed by atoms with Crippen molar-refractivity contribution in [3.63, 3.8) is 0 Å². The molecule has 0 radical (unpaired) electrons. The highest BCUT2D eigenvalue weighted by atomic mass is 35.5. The molecule has 11 nitrogen and oxygen atoms in total. The largest absolute Gasteiger partial charge is 0.493 e. The van der Waals surface area contributed by atoms with Gasteiger partial charge >= 0.3 is 18.0 Å². The molecule has 3 amide bonds. The van der Waals surface area contributed by atoms with Crippen molar-refractivity contribution in [2.75, 3.05) is 27.9 Å². The van der Waals surface area contributed by atoms with E-state index >= 15 is 0 Å². The van der Waals surface area contributed by atoms with E-state index in [1.165, 1.54) is 51.7 Å². The third kappa shape index (κ3) is 5.26. The quantitative estimate of drug-likeness (QED) is 0.344. The molecule has 12 heteroatoms. The molecule has 3 rings (SSSR count). The number of hydrogen-bond acceptors (Lipinski definition) is 9. The average molecular weight is 479 g/mol. The molecule has 0 aliphatic carbocycles. The van der Waals surface area contributed by atoms with E-state index in [9.17, 15) is 19.2 Å². The number of benzene rings is 1. The minimum absolute atomic E-state index is 0.0614. The first-order chi connectivity index (χ1) is 15.8. The van der Waals surface area contributed by atoms with Gasteiger partial charge in [0.2, 0.25) is 5.76 Å². The Morgan fingerprint density at radius 2 is 1.91 bits per heavy atom.